The summed E-state index contributed by atoms with van der Waals surface area (Å²) in [5.41, 5.74) is 3.10. The molecular formula is C22H24ClN3O3. The van der Waals surface area contributed by atoms with Crippen LogP contribution < -0.4 is 9.64 Å². The van der Waals surface area contributed by atoms with Gasteiger partial charge in [-0.1, -0.05) is 23.7 Å². The van der Waals surface area contributed by atoms with E-state index in [2.05, 4.69) is 11.0 Å². The Morgan fingerprint density at radius 1 is 1.21 bits per heavy atom. The van der Waals surface area contributed by atoms with E-state index in [-0.39, 0.29) is 5.60 Å². The molecule has 0 radical (unpaired) electrons. The summed E-state index contributed by atoms with van der Waals surface area (Å²) in [7, 11) is 0. The maximum atomic E-state index is 9.92. The van der Waals surface area contributed by atoms with Gasteiger partial charge in [-0.2, -0.15) is 10.2 Å². The van der Waals surface area contributed by atoms with Gasteiger partial charge in [0.25, 0.3) is 0 Å². The number of nitriles is 1. The summed E-state index contributed by atoms with van der Waals surface area (Å²) in [4.78, 5) is 6.98. The molecule has 2 aliphatic heterocycles. The Hall–Kier alpha value is -2.33. The Kier molecular flexibility index (Phi) is 5.64. The standard InChI is InChI=1S/C22H24ClN3O3/c1-22(2)11-17-18(12-24)21(28-13-15-3-5-16(23)6-4-15)25-20(19(17)14-29-22)26-7-9-27-10-8-26/h3-6H,7-11,13-14H2,1-2H3. The monoisotopic (exact) mass is 413 g/mol. The summed E-state index contributed by atoms with van der Waals surface area (Å²) in [6, 6.07) is 9.80. The Balaban J connectivity index is 1.73. The zero-order chi connectivity index (χ0) is 20.4. The first-order valence-electron chi connectivity index (χ1n) is 9.76. The first kappa shape index (κ1) is 20.0. The number of halogens is 1. The fourth-order valence-corrected chi connectivity index (χ4v) is 3.84. The van der Waals surface area contributed by atoms with Gasteiger partial charge in [0.1, 0.15) is 24.1 Å². The molecule has 0 unspecified atom stereocenters. The minimum absolute atomic E-state index is 0.320. The third-order valence-electron chi connectivity index (χ3n) is 5.28. The topological polar surface area (TPSA) is 67.6 Å². The zero-order valence-electron chi connectivity index (χ0n) is 16.7. The molecule has 0 saturated carbocycles. The largest absolute Gasteiger partial charge is 0.472 e. The van der Waals surface area contributed by atoms with Crippen molar-refractivity contribution in [1.29, 1.82) is 5.26 Å². The number of nitrogens with zero attached hydrogens (tertiary/aromatic N) is 3. The van der Waals surface area contributed by atoms with Gasteiger partial charge in [-0.3, -0.25) is 0 Å². The highest BCUT2D eigenvalue weighted by Crippen LogP contribution is 2.38. The van der Waals surface area contributed by atoms with Crippen LogP contribution in [-0.2, 0) is 29.1 Å². The molecule has 2 aromatic rings. The third-order valence-corrected chi connectivity index (χ3v) is 5.53. The van der Waals surface area contributed by atoms with Gasteiger partial charge in [-0.05, 0) is 37.1 Å². The van der Waals surface area contributed by atoms with Crippen molar-refractivity contribution >= 4 is 17.4 Å². The average Bonchev–Trinajstić information content (AvgIpc) is 2.72. The number of benzene rings is 1. The molecule has 1 saturated heterocycles. The summed E-state index contributed by atoms with van der Waals surface area (Å²) >= 11 is 5.97. The van der Waals surface area contributed by atoms with Crippen molar-refractivity contribution in [1.82, 2.24) is 4.98 Å². The quantitative estimate of drug-likeness (QED) is 0.757. The molecule has 2 aliphatic rings. The maximum Gasteiger partial charge on any atom is 0.234 e. The van der Waals surface area contributed by atoms with E-state index in [0.29, 0.717) is 49.3 Å². The number of anilines is 1. The number of ether oxygens (including phenoxy) is 3. The molecule has 6 nitrogen and oxygen atoms in total. The third kappa shape index (κ3) is 4.32. The van der Waals surface area contributed by atoms with Gasteiger partial charge in [0.05, 0.1) is 25.4 Å². The van der Waals surface area contributed by atoms with E-state index in [4.69, 9.17) is 30.8 Å². The minimum atomic E-state index is -0.338. The molecule has 1 aromatic heterocycles. The molecule has 152 valence electrons. The first-order valence-corrected chi connectivity index (χ1v) is 10.1. The number of morpholine rings is 1. The molecule has 0 aliphatic carbocycles. The number of hydrogen-bond acceptors (Lipinski definition) is 6. The van der Waals surface area contributed by atoms with Gasteiger partial charge in [-0.25, -0.2) is 0 Å². The molecule has 1 fully saturated rings. The Morgan fingerprint density at radius 3 is 2.62 bits per heavy atom. The van der Waals surface area contributed by atoms with Crippen LogP contribution >= 0.6 is 11.6 Å². The average molecular weight is 414 g/mol. The second kappa shape index (κ2) is 8.19. The van der Waals surface area contributed by atoms with Crippen molar-refractivity contribution in [2.24, 2.45) is 0 Å². The highest BCUT2D eigenvalue weighted by molar-refractivity contribution is 6.30. The maximum absolute atomic E-state index is 9.92. The van der Waals surface area contributed by atoms with Crippen molar-refractivity contribution in [2.75, 3.05) is 31.2 Å². The van der Waals surface area contributed by atoms with Crippen molar-refractivity contribution in [2.45, 2.75) is 39.1 Å². The predicted molar refractivity (Wildman–Crippen MR) is 110 cm³/mol. The lowest BCUT2D eigenvalue weighted by Gasteiger charge is -2.36. The van der Waals surface area contributed by atoms with E-state index in [1.807, 2.05) is 38.1 Å². The van der Waals surface area contributed by atoms with E-state index < -0.39 is 0 Å². The van der Waals surface area contributed by atoms with Crippen molar-refractivity contribution < 1.29 is 14.2 Å². The number of rotatable bonds is 4. The van der Waals surface area contributed by atoms with Crippen LogP contribution in [0.3, 0.4) is 0 Å². The predicted octanol–water partition coefficient (Wildman–Crippen LogP) is 3.87. The molecule has 4 rings (SSSR count). The Morgan fingerprint density at radius 2 is 1.93 bits per heavy atom. The molecule has 29 heavy (non-hydrogen) atoms. The van der Waals surface area contributed by atoms with Crippen LogP contribution in [0, 0.1) is 11.3 Å². The normalized spacial score (nSPS) is 18.1. The lowest BCUT2D eigenvalue weighted by molar-refractivity contribution is -0.0402. The Bertz CT molecular complexity index is 932. The van der Waals surface area contributed by atoms with Crippen molar-refractivity contribution in [3.63, 3.8) is 0 Å². The van der Waals surface area contributed by atoms with Crippen LogP contribution in [0.4, 0.5) is 5.82 Å². The van der Waals surface area contributed by atoms with E-state index >= 15 is 0 Å². The van der Waals surface area contributed by atoms with Gasteiger partial charge in [0.15, 0.2) is 0 Å². The number of aromatic nitrogens is 1. The van der Waals surface area contributed by atoms with E-state index in [1.54, 1.807) is 0 Å². The van der Waals surface area contributed by atoms with Crippen LogP contribution in [0.15, 0.2) is 24.3 Å². The molecule has 0 N–H and O–H groups in total. The molecular weight excluding hydrogens is 390 g/mol. The molecule has 1 aromatic carbocycles. The smallest absolute Gasteiger partial charge is 0.234 e. The van der Waals surface area contributed by atoms with Gasteiger partial charge in [-0.15, -0.1) is 0 Å². The summed E-state index contributed by atoms with van der Waals surface area (Å²) in [5, 5.41) is 10.6. The Labute approximate surface area is 176 Å². The molecule has 0 atom stereocenters. The van der Waals surface area contributed by atoms with E-state index in [1.165, 1.54) is 0 Å². The molecule has 3 heterocycles. The second-order valence-corrected chi connectivity index (χ2v) is 8.36. The van der Waals surface area contributed by atoms with Crippen molar-refractivity contribution in [3.8, 4) is 11.9 Å². The SMILES string of the molecule is CC1(C)Cc2c(C#N)c(OCc3ccc(Cl)cc3)nc(N3CCOCC3)c2CO1. The summed E-state index contributed by atoms with van der Waals surface area (Å²) in [6.07, 6.45) is 0.641. The molecule has 0 bridgehead atoms. The number of fused-ring (bicyclic) bond motifs is 1. The highest BCUT2D eigenvalue weighted by Gasteiger charge is 2.34. The van der Waals surface area contributed by atoms with Gasteiger partial charge in [0, 0.05) is 30.1 Å². The summed E-state index contributed by atoms with van der Waals surface area (Å²) < 4.78 is 17.6. The first-order chi connectivity index (χ1) is 14.0. The fraction of sp³-hybridized carbons (Fsp3) is 0.455. The van der Waals surface area contributed by atoms with Gasteiger partial charge < -0.3 is 19.1 Å². The minimum Gasteiger partial charge on any atom is -0.472 e. The van der Waals surface area contributed by atoms with Gasteiger partial charge in [0.2, 0.25) is 5.88 Å². The molecule has 0 spiro atoms. The molecule has 7 heteroatoms. The van der Waals surface area contributed by atoms with Crippen molar-refractivity contribution in [3.05, 3.63) is 51.5 Å². The fourth-order valence-electron chi connectivity index (χ4n) is 3.71. The molecule has 0 amide bonds. The summed E-state index contributed by atoms with van der Waals surface area (Å²) in [6.45, 7) is 7.67. The number of hydrogen-bond donors (Lipinski definition) is 0. The summed E-state index contributed by atoms with van der Waals surface area (Å²) in [5.74, 6) is 1.21. The van der Waals surface area contributed by atoms with Crippen LogP contribution in [0.5, 0.6) is 5.88 Å². The zero-order valence-corrected chi connectivity index (χ0v) is 17.5. The van der Waals surface area contributed by atoms with Crippen LogP contribution in [0.2, 0.25) is 5.02 Å². The van der Waals surface area contributed by atoms with Gasteiger partial charge >= 0.3 is 0 Å². The lowest BCUT2D eigenvalue weighted by atomic mass is 9.89. The lowest BCUT2D eigenvalue weighted by Crippen LogP contribution is -2.39. The van der Waals surface area contributed by atoms with Crippen LogP contribution in [-0.4, -0.2) is 36.9 Å². The van der Waals surface area contributed by atoms with E-state index in [9.17, 15) is 5.26 Å². The number of pyridine rings is 1. The van der Waals surface area contributed by atoms with E-state index in [0.717, 1.165) is 35.6 Å². The van der Waals surface area contributed by atoms with Crippen LogP contribution in [0.1, 0.15) is 36.1 Å². The highest BCUT2D eigenvalue weighted by atomic mass is 35.5. The second-order valence-electron chi connectivity index (χ2n) is 7.92. The van der Waals surface area contributed by atoms with Crippen LogP contribution in [0.25, 0.3) is 0 Å².